The number of nitrogens with zero attached hydrogens (tertiary/aromatic N) is 9. The summed E-state index contributed by atoms with van der Waals surface area (Å²) in [4.78, 5) is 68.5. The minimum atomic E-state index is -1.13. The van der Waals surface area contributed by atoms with Crippen molar-refractivity contribution in [3.05, 3.63) is 36.1 Å². The van der Waals surface area contributed by atoms with Crippen molar-refractivity contribution in [1.29, 1.82) is 0 Å². The van der Waals surface area contributed by atoms with Crippen LogP contribution < -0.4 is 38.2 Å². The van der Waals surface area contributed by atoms with Crippen LogP contribution >= 0.6 is 9.39 Å². The van der Waals surface area contributed by atoms with Crippen molar-refractivity contribution in [2.75, 3.05) is 62.7 Å². The van der Waals surface area contributed by atoms with Gasteiger partial charge in [-0.2, -0.15) is 0 Å². The standard InChI is InChI=1S/C15H25N6O5P.C13H21N5O4.C12H19N5O4/c1-8(20-27)14(24)25-4-3-10(6-26-9(2)22)5-21-7-17-11-12(21)18-15(16)19-13(11)23;1-8(19)22-6-9(3-4-21-2)5-18-7-15-10-11(18)16-13(14)17-12(10)20;1-7(19)21-5-8(2-3-18)4-17-6-14-9-10(17)15-12(13)16-11(9)20/h7-8,10,13,20,23H,3-6,27H2,1-2H3,(H3,16,18,19);7,9,12,20H,3-6H2,1-2H3,(H3,14,16,17);6,8,11,18,20H,2-5H2,1H3,(H3,13,15,16)/t8-,10+,13?;9-,12?;8-,11?/m011/s1. The number of carbonyl (C=O) groups is 4. The topological polar surface area (TPSA) is 412 Å². The van der Waals surface area contributed by atoms with Gasteiger partial charge in [-0.3, -0.25) is 24.3 Å². The Balaban J connectivity index is 0.000000231. The Labute approximate surface area is 404 Å². The number of aliphatic imine (C=N–C) groups is 3. The summed E-state index contributed by atoms with van der Waals surface area (Å²) in [6, 6.07) is -0.435. The molecule has 0 amide bonds. The van der Waals surface area contributed by atoms with Crippen LogP contribution in [0.3, 0.4) is 0 Å². The zero-order valence-corrected chi connectivity index (χ0v) is 40.7. The minimum absolute atomic E-state index is 0.0114. The number of carbonyl (C=O) groups excluding carboxylic acids is 4. The lowest BCUT2D eigenvalue weighted by atomic mass is 10.1. The molecule has 0 bridgehead atoms. The molecule has 3 aliphatic rings. The first kappa shape index (κ1) is 56.1. The Morgan fingerprint density at radius 3 is 1.30 bits per heavy atom. The molecule has 3 aromatic heterocycles. The van der Waals surface area contributed by atoms with E-state index in [1.807, 2.05) is 4.57 Å². The van der Waals surface area contributed by atoms with Gasteiger partial charge in [0, 0.05) is 78.5 Å². The van der Waals surface area contributed by atoms with Crippen LogP contribution in [0.15, 0.2) is 34.0 Å². The first-order chi connectivity index (χ1) is 33.3. The third kappa shape index (κ3) is 17.2. The molecule has 0 fully saturated rings. The molecule has 0 saturated heterocycles. The molecule has 0 spiro atoms. The van der Waals surface area contributed by atoms with E-state index in [4.69, 9.17) is 46.0 Å². The summed E-state index contributed by atoms with van der Waals surface area (Å²) >= 11 is 0. The molecule has 8 atom stereocenters. The smallest absolute Gasteiger partial charge is 0.323 e. The second-order valence-corrected chi connectivity index (χ2v) is 16.4. The molecule has 0 radical (unpaired) electrons. The zero-order valence-electron chi connectivity index (χ0n) is 39.6. The fraction of sp³-hybridized carbons (Fsp3) is 0.600. The number of guanidine groups is 3. The molecule has 3 aliphatic heterocycles. The van der Waals surface area contributed by atoms with Crippen LogP contribution in [0.25, 0.3) is 0 Å². The summed E-state index contributed by atoms with van der Waals surface area (Å²) in [6.07, 6.45) is 3.08. The third-order valence-corrected chi connectivity index (χ3v) is 10.9. The van der Waals surface area contributed by atoms with Crippen LogP contribution in [0.2, 0.25) is 0 Å². The maximum absolute atomic E-state index is 11.7. The molecule has 6 heterocycles. The highest BCUT2D eigenvalue weighted by molar-refractivity contribution is 7.13. The Morgan fingerprint density at radius 1 is 0.643 bits per heavy atom. The van der Waals surface area contributed by atoms with E-state index >= 15 is 0 Å². The highest BCUT2D eigenvalue weighted by Crippen LogP contribution is 2.30. The summed E-state index contributed by atoms with van der Waals surface area (Å²) < 4.78 is 30.8. The summed E-state index contributed by atoms with van der Waals surface area (Å²) in [5.41, 5.74) is 18.0. The van der Waals surface area contributed by atoms with Gasteiger partial charge in [-0.25, -0.2) is 29.9 Å². The van der Waals surface area contributed by atoms with Gasteiger partial charge < -0.3 is 91.0 Å². The molecule has 30 heteroatoms. The molecule has 70 heavy (non-hydrogen) atoms. The van der Waals surface area contributed by atoms with E-state index in [-0.39, 0.29) is 86.6 Å². The fourth-order valence-corrected chi connectivity index (χ4v) is 6.97. The molecular formula is C40H65N16O13P. The van der Waals surface area contributed by atoms with Crippen molar-refractivity contribution in [3.8, 4) is 0 Å². The average molecular weight is 1010 g/mol. The lowest BCUT2D eigenvalue weighted by molar-refractivity contribution is -0.147. The molecule has 388 valence electrons. The van der Waals surface area contributed by atoms with Gasteiger partial charge in [-0.15, -0.1) is 0 Å². The number of rotatable bonds is 22. The van der Waals surface area contributed by atoms with Crippen LogP contribution in [0.4, 0.5) is 17.5 Å². The number of hydrogen-bond acceptors (Lipinski definition) is 26. The van der Waals surface area contributed by atoms with Crippen molar-refractivity contribution >= 4 is 68.6 Å². The van der Waals surface area contributed by atoms with Crippen LogP contribution in [0.5, 0.6) is 0 Å². The van der Waals surface area contributed by atoms with Crippen LogP contribution in [-0.4, -0.2) is 144 Å². The first-order valence-corrected chi connectivity index (χ1v) is 22.5. The summed E-state index contributed by atoms with van der Waals surface area (Å²) in [5, 5.41) is 49.9. The van der Waals surface area contributed by atoms with Gasteiger partial charge in [0.15, 0.2) is 36.6 Å². The first-order valence-electron chi connectivity index (χ1n) is 22.0. The number of methoxy groups -OCH3 is 1. The summed E-state index contributed by atoms with van der Waals surface area (Å²) in [5.74, 6) is 0.407. The Bertz CT molecular complexity index is 2300. The van der Waals surface area contributed by atoms with E-state index in [0.717, 1.165) is 6.42 Å². The number of anilines is 3. The molecule has 0 aliphatic carbocycles. The monoisotopic (exact) mass is 1010 g/mol. The molecule has 4 unspecified atom stereocenters. The van der Waals surface area contributed by atoms with Crippen molar-refractivity contribution in [1.82, 2.24) is 33.7 Å². The molecule has 0 aromatic carbocycles. The Morgan fingerprint density at radius 2 is 0.986 bits per heavy atom. The van der Waals surface area contributed by atoms with E-state index < -0.39 is 30.7 Å². The number of nitrogens with one attached hydrogen (secondary N) is 4. The van der Waals surface area contributed by atoms with Gasteiger partial charge in [0.1, 0.15) is 40.6 Å². The largest absolute Gasteiger partial charge is 0.466 e. The van der Waals surface area contributed by atoms with Crippen molar-refractivity contribution < 1.29 is 63.3 Å². The number of aliphatic hydroxyl groups is 4. The molecule has 6 rings (SSSR count). The van der Waals surface area contributed by atoms with Gasteiger partial charge in [-0.05, 0) is 26.2 Å². The fourth-order valence-electron chi connectivity index (χ4n) is 6.83. The number of ether oxygens (including phenoxy) is 5. The predicted octanol–water partition coefficient (Wildman–Crippen LogP) is -1.50. The maximum atomic E-state index is 11.7. The SMILES string of the molecule is CC(=O)OC[C@H](CCO)Cn1cnc2c1NC(N)=NC2O.CC(=O)OC[C@H](CCOC(=O)[C@H](C)NP)Cn1cnc2c1NC(N)=NC2O.COCC[C@@H](COC(C)=O)Cn1cnc2c1NC(N)=NC2O. The number of hydrogen-bond donors (Lipinski definition) is 11. The van der Waals surface area contributed by atoms with Gasteiger partial charge in [0.25, 0.3) is 0 Å². The molecule has 14 N–H and O–H groups in total. The number of esters is 4. The van der Waals surface area contributed by atoms with E-state index in [1.54, 1.807) is 42.1 Å². The zero-order chi connectivity index (χ0) is 51.5. The van der Waals surface area contributed by atoms with Gasteiger partial charge >= 0.3 is 23.9 Å². The number of fused-ring (bicyclic) bond motifs is 3. The highest BCUT2D eigenvalue weighted by Gasteiger charge is 2.28. The van der Waals surface area contributed by atoms with E-state index in [9.17, 15) is 34.5 Å². The number of imidazole rings is 3. The molecule has 0 saturated carbocycles. The van der Waals surface area contributed by atoms with Gasteiger partial charge in [-0.1, -0.05) is 9.39 Å². The van der Waals surface area contributed by atoms with Crippen LogP contribution in [0, 0.1) is 17.8 Å². The van der Waals surface area contributed by atoms with Gasteiger partial charge in [0.05, 0.1) is 45.4 Å². The van der Waals surface area contributed by atoms with E-state index in [0.29, 0.717) is 73.6 Å². The Hall–Kier alpha value is -6.49. The number of aliphatic hydroxyl groups excluding tert-OH is 4. The van der Waals surface area contributed by atoms with E-state index in [1.165, 1.54) is 20.8 Å². The minimum Gasteiger partial charge on any atom is -0.466 e. The number of nitrogens with two attached hydrogens (primary N) is 3. The molecular weight excluding hydrogens is 944 g/mol. The van der Waals surface area contributed by atoms with Crippen molar-refractivity contribution in [3.63, 3.8) is 0 Å². The highest BCUT2D eigenvalue weighted by atomic mass is 31.0. The lowest BCUT2D eigenvalue weighted by Gasteiger charge is -2.21. The Kier molecular flexibility index (Phi) is 22.1. The second kappa shape index (κ2) is 27.6. The van der Waals surface area contributed by atoms with Crippen LogP contribution in [-0.2, 0) is 62.5 Å². The number of aromatic nitrogens is 6. The van der Waals surface area contributed by atoms with E-state index in [2.05, 4.69) is 60.4 Å². The average Bonchev–Trinajstić information content (AvgIpc) is 4.02. The van der Waals surface area contributed by atoms with Crippen LogP contribution in [0.1, 0.15) is 82.7 Å². The maximum Gasteiger partial charge on any atom is 0.323 e. The molecule has 29 nitrogen and oxygen atoms in total. The van der Waals surface area contributed by atoms with Crippen molar-refractivity contribution in [2.24, 2.45) is 49.9 Å². The predicted molar refractivity (Wildman–Crippen MR) is 254 cm³/mol. The second-order valence-electron chi connectivity index (χ2n) is 16.1. The quantitative estimate of drug-likeness (QED) is 0.0310. The van der Waals surface area contributed by atoms with Crippen molar-refractivity contribution in [2.45, 2.75) is 91.3 Å². The summed E-state index contributed by atoms with van der Waals surface area (Å²) in [6.45, 7) is 8.53. The molecule has 3 aromatic rings. The lowest BCUT2D eigenvalue weighted by Crippen LogP contribution is -2.31. The van der Waals surface area contributed by atoms with Gasteiger partial charge in [0.2, 0.25) is 0 Å². The third-order valence-electron chi connectivity index (χ3n) is 10.4. The normalized spacial score (nSPS) is 18.1. The summed E-state index contributed by atoms with van der Waals surface area (Å²) in [7, 11) is 3.88.